The molecule has 3 aromatic rings. The third kappa shape index (κ3) is 2.31. The highest BCUT2D eigenvalue weighted by Gasteiger charge is 2.12. The number of halogens is 1. The van der Waals surface area contributed by atoms with Gasteiger partial charge in [-0.05, 0) is 36.4 Å². The van der Waals surface area contributed by atoms with Crippen molar-refractivity contribution in [1.82, 2.24) is 15.0 Å². The van der Waals surface area contributed by atoms with Gasteiger partial charge in [0.15, 0.2) is 0 Å². The Bertz CT molecular complexity index is 708. The van der Waals surface area contributed by atoms with E-state index in [2.05, 4.69) is 15.0 Å². The first-order valence-corrected chi connectivity index (χ1v) is 6.14. The molecule has 0 aliphatic rings. The van der Waals surface area contributed by atoms with Gasteiger partial charge in [-0.3, -0.25) is 4.98 Å². The Kier molecular flexibility index (Phi) is 3.26. The van der Waals surface area contributed by atoms with E-state index in [9.17, 15) is 9.50 Å². The molecule has 0 aliphatic heterocycles. The summed E-state index contributed by atoms with van der Waals surface area (Å²) in [7, 11) is 0. The van der Waals surface area contributed by atoms with Gasteiger partial charge in [0.05, 0.1) is 18.0 Å². The predicted octanol–water partition coefficient (Wildman–Crippen LogP) is 2.77. The van der Waals surface area contributed by atoms with Crippen molar-refractivity contribution in [2.24, 2.45) is 0 Å². The molecule has 2 aromatic heterocycles. The number of nitrogens with one attached hydrogen (secondary N) is 1. The number of aliphatic hydroxyl groups excluding tert-OH is 1. The zero-order valence-corrected chi connectivity index (χ0v) is 10.5. The number of hydrogen-bond donors (Lipinski definition) is 2. The first-order valence-electron chi connectivity index (χ1n) is 6.14. The number of benzene rings is 1. The van der Waals surface area contributed by atoms with E-state index in [1.165, 1.54) is 12.1 Å². The Morgan fingerprint density at radius 1 is 1.10 bits per heavy atom. The van der Waals surface area contributed by atoms with Crippen LogP contribution in [0.25, 0.3) is 22.6 Å². The molecule has 0 fully saturated rings. The van der Waals surface area contributed by atoms with Gasteiger partial charge in [0.25, 0.3) is 0 Å². The molecule has 0 amide bonds. The van der Waals surface area contributed by atoms with Gasteiger partial charge in [0.2, 0.25) is 0 Å². The van der Waals surface area contributed by atoms with Crippen LogP contribution < -0.4 is 0 Å². The second-order valence-electron chi connectivity index (χ2n) is 4.32. The lowest BCUT2D eigenvalue weighted by atomic mass is 10.2. The first-order chi connectivity index (χ1) is 9.78. The van der Waals surface area contributed by atoms with Gasteiger partial charge in [-0.2, -0.15) is 0 Å². The van der Waals surface area contributed by atoms with E-state index < -0.39 is 0 Å². The number of aliphatic hydroxyl groups is 1. The predicted molar refractivity (Wildman–Crippen MR) is 73.1 cm³/mol. The summed E-state index contributed by atoms with van der Waals surface area (Å²) in [6.07, 6.45) is 3.36. The molecule has 0 radical (unpaired) electrons. The molecular weight excluding hydrogens is 257 g/mol. The number of aromatic nitrogens is 3. The lowest BCUT2D eigenvalue weighted by molar-refractivity contribution is 0.278. The third-order valence-electron chi connectivity index (χ3n) is 2.99. The van der Waals surface area contributed by atoms with E-state index >= 15 is 0 Å². The summed E-state index contributed by atoms with van der Waals surface area (Å²) in [5.74, 6) is 0.295. The Morgan fingerprint density at radius 3 is 2.55 bits per heavy atom. The summed E-state index contributed by atoms with van der Waals surface area (Å²) < 4.78 is 12.9. The second-order valence-corrected chi connectivity index (χ2v) is 4.32. The van der Waals surface area contributed by atoms with Crippen molar-refractivity contribution < 1.29 is 9.50 Å². The molecular formula is C15H12FN3O. The Balaban J connectivity index is 2.07. The molecule has 2 N–H and O–H groups in total. The van der Waals surface area contributed by atoms with Crippen LogP contribution in [0.2, 0.25) is 0 Å². The molecule has 20 heavy (non-hydrogen) atoms. The zero-order valence-electron chi connectivity index (χ0n) is 10.5. The van der Waals surface area contributed by atoms with Gasteiger partial charge in [0, 0.05) is 23.5 Å². The van der Waals surface area contributed by atoms with Crippen LogP contribution in [0.3, 0.4) is 0 Å². The normalized spacial score (nSPS) is 10.7. The van der Waals surface area contributed by atoms with E-state index in [4.69, 9.17) is 0 Å². The monoisotopic (exact) mass is 269 g/mol. The standard InChI is InChI=1S/C15H12FN3O/c16-12-5-3-10(4-6-12)15-18-13(9-20)14(19-15)11-2-1-7-17-8-11/h1-8,20H,9H2,(H,18,19). The van der Waals surface area contributed by atoms with Gasteiger partial charge in [-0.15, -0.1) is 0 Å². The smallest absolute Gasteiger partial charge is 0.138 e. The van der Waals surface area contributed by atoms with Crippen LogP contribution in [0.15, 0.2) is 48.8 Å². The van der Waals surface area contributed by atoms with E-state index in [1.54, 1.807) is 24.5 Å². The zero-order chi connectivity index (χ0) is 13.9. The van der Waals surface area contributed by atoms with Crippen LogP contribution in [0, 0.1) is 5.82 Å². The average molecular weight is 269 g/mol. The highest BCUT2D eigenvalue weighted by Crippen LogP contribution is 2.25. The quantitative estimate of drug-likeness (QED) is 0.768. The maximum atomic E-state index is 12.9. The van der Waals surface area contributed by atoms with E-state index in [1.807, 2.05) is 12.1 Å². The number of H-pyrrole nitrogens is 1. The largest absolute Gasteiger partial charge is 0.390 e. The SMILES string of the molecule is OCc1[nH]c(-c2ccc(F)cc2)nc1-c1cccnc1. The lowest BCUT2D eigenvalue weighted by Gasteiger charge is -1.97. The van der Waals surface area contributed by atoms with Crippen LogP contribution in [-0.2, 0) is 6.61 Å². The van der Waals surface area contributed by atoms with Crippen molar-refractivity contribution in [2.45, 2.75) is 6.61 Å². The van der Waals surface area contributed by atoms with E-state index in [0.29, 0.717) is 17.2 Å². The first kappa shape index (κ1) is 12.5. The summed E-state index contributed by atoms with van der Waals surface area (Å²) in [5.41, 5.74) is 2.84. The fraction of sp³-hybridized carbons (Fsp3) is 0.0667. The maximum absolute atomic E-state index is 12.9. The van der Waals surface area contributed by atoms with E-state index in [-0.39, 0.29) is 12.4 Å². The highest BCUT2D eigenvalue weighted by molar-refractivity contribution is 5.66. The van der Waals surface area contributed by atoms with Crippen LogP contribution in [-0.4, -0.2) is 20.1 Å². The van der Waals surface area contributed by atoms with Crippen molar-refractivity contribution in [1.29, 1.82) is 0 Å². The van der Waals surface area contributed by atoms with Crippen molar-refractivity contribution in [2.75, 3.05) is 0 Å². The van der Waals surface area contributed by atoms with E-state index in [0.717, 1.165) is 11.1 Å². The molecule has 0 saturated heterocycles. The fourth-order valence-corrected chi connectivity index (χ4v) is 2.01. The minimum atomic E-state index is -0.296. The molecule has 1 aromatic carbocycles. The lowest BCUT2D eigenvalue weighted by Crippen LogP contribution is -1.88. The number of aromatic amines is 1. The molecule has 4 nitrogen and oxygen atoms in total. The summed E-state index contributed by atoms with van der Waals surface area (Å²) in [6.45, 7) is -0.154. The molecule has 100 valence electrons. The van der Waals surface area contributed by atoms with Gasteiger partial charge in [-0.1, -0.05) is 0 Å². The minimum absolute atomic E-state index is 0.154. The molecule has 0 spiro atoms. The van der Waals surface area contributed by atoms with Gasteiger partial charge >= 0.3 is 0 Å². The molecule has 0 bridgehead atoms. The third-order valence-corrected chi connectivity index (χ3v) is 2.99. The number of rotatable bonds is 3. The highest BCUT2D eigenvalue weighted by atomic mass is 19.1. The molecule has 5 heteroatoms. The van der Waals surface area contributed by atoms with Gasteiger partial charge < -0.3 is 10.1 Å². The van der Waals surface area contributed by atoms with Crippen LogP contribution in [0.1, 0.15) is 5.69 Å². The Labute approximate surface area is 115 Å². The molecule has 0 saturated carbocycles. The summed E-state index contributed by atoms with van der Waals surface area (Å²) in [5, 5.41) is 9.43. The minimum Gasteiger partial charge on any atom is -0.390 e. The van der Waals surface area contributed by atoms with Crippen molar-refractivity contribution in [3.05, 3.63) is 60.3 Å². The van der Waals surface area contributed by atoms with Crippen molar-refractivity contribution in [3.63, 3.8) is 0 Å². The molecule has 0 unspecified atom stereocenters. The molecule has 3 rings (SSSR count). The molecule has 0 atom stereocenters. The summed E-state index contributed by atoms with van der Waals surface area (Å²) >= 11 is 0. The van der Waals surface area contributed by atoms with Crippen LogP contribution in [0.4, 0.5) is 4.39 Å². The van der Waals surface area contributed by atoms with Gasteiger partial charge in [0.1, 0.15) is 11.6 Å². The number of hydrogen-bond acceptors (Lipinski definition) is 3. The topological polar surface area (TPSA) is 61.8 Å². The summed E-state index contributed by atoms with van der Waals surface area (Å²) in [6, 6.07) is 9.71. The van der Waals surface area contributed by atoms with Gasteiger partial charge in [-0.25, -0.2) is 9.37 Å². The van der Waals surface area contributed by atoms with Crippen LogP contribution in [0.5, 0.6) is 0 Å². The Hall–Kier alpha value is -2.53. The molecule has 0 aliphatic carbocycles. The van der Waals surface area contributed by atoms with Crippen LogP contribution >= 0.6 is 0 Å². The van der Waals surface area contributed by atoms with Crippen molar-refractivity contribution in [3.8, 4) is 22.6 Å². The summed E-state index contributed by atoms with van der Waals surface area (Å²) in [4.78, 5) is 11.6. The van der Waals surface area contributed by atoms with Crippen molar-refractivity contribution >= 4 is 0 Å². The Morgan fingerprint density at radius 2 is 1.90 bits per heavy atom. The molecule has 2 heterocycles. The fourth-order valence-electron chi connectivity index (χ4n) is 2.01. The maximum Gasteiger partial charge on any atom is 0.138 e. The number of imidazole rings is 1. The average Bonchev–Trinajstić information content (AvgIpc) is 2.93. The number of pyridine rings is 1. The second kappa shape index (κ2) is 5.22. The number of nitrogens with zero attached hydrogens (tertiary/aromatic N) is 2.